The average molecular weight is 197 g/mol. The maximum atomic E-state index is 8.99. The Morgan fingerprint density at radius 1 is 1.43 bits per heavy atom. The van der Waals surface area contributed by atoms with Gasteiger partial charge in [-0.1, -0.05) is 32.4 Å². The molecule has 0 spiro atoms. The zero-order valence-electron chi connectivity index (χ0n) is 9.53. The molecule has 1 aliphatic rings. The molecule has 0 aromatic carbocycles. The first-order valence-corrected chi connectivity index (χ1v) is 5.72. The van der Waals surface area contributed by atoms with E-state index < -0.39 is 0 Å². The lowest BCUT2D eigenvalue weighted by molar-refractivity contribution is 0.242. The summed E-state index contributed by atoms with van der Waals surface area (Å²) in [6.45, 7) is 7.03. The van der Waals surface area contributed by atoms with Crippen LogP contribution in [0.1, 0.15) is 33.6 Å². The van der Waals surface area contributed by atoms with Gasteiger partial charge in [-0.3, -0.25) is 0 Å². The van der Waals surface area contributed by atoms with Gasteiger partial charge in [-0.2, -0.15) is 0 Å². The number of rotatable bonds is 5. The summed E-state index contributed by atoms with van der Waals surface area (Å²) >= 11 is 0. The van der Waals surface area contributed by atoms with E-state index in [-0.39, 0.29) is 6.61 Å². The fourth-order valence-corrected chi connectivity index (χ4v) is 1.89. The van der Waals surface area contributed by atoms with E-state index in [4.69, 9.17) is 5.11 Å². The number of aliphatic hydroxyl groups is 1. The van der Waals surface area contributed by atoms with Gasteiger partial charge < -0.3 is 10.4 Å². The second kappa shape index (κ2) is 5.52. The van der Waals surface area contributed by atoms with Gasteiger partial charge in [-0.05, 0) is 19.3 Å². The summed E-state index contributed by atoms with van der Waals surface area (Å²) in [4.78, 5) is 0. The lowest BCUT2D eigenvalue weighted by Crippen LogP contribution is -2.38. The van der Waals surface area contributed by atoms with Crippen molar-refractivity contribution < 1.29 is 5.11 Å². The Balaban J connectivity index is 2.29. The lowest BCUT2D eigenvalue weighted by atomic mass is 9.99. The fraction of sp³-hybridized carbons (Fsp3) is 0.833. The van der Waals surface area contributed by atoms with Crippen LogP contribution in [-0.2, 0) is 0 Å². The third kappa shape index (κ3) is 3.10. The average Bonchev–Trinajstić information content (AvgIpc) is 2.64. The van der Waals surface area contributed by atoms with Crippen molar-refractivity contribution in [1.82, 2.24) is 5.32 Å². The summed E-state index contributed by atoms with van der Waals surface area (Å²) in [6.07, 6.45) is 6.59. The van der Waals surface area contributed by atoms with Crippen LogP contribution in [0.15, 0.2) is 12.2 Å². The smallest absolute Gasteiger partial charge is 0.0494 e. The fourth-order valence-electron chi connectivity index (χ4n) is 1.89. The van der Waals surface area contributed by atoms with Crippen LogP contribution >= 0.6 is 0 Å². The van der Waals surface area contributed by atoms with Gasteiger partial charge in [-0.25, -0.2) is 0 Å². The molecular weight excluding hydrogens is 174 g/mol. The van der Waals surface area contributed by atoms with Crippen molar-refractivity contribution >= 4 is 0 Å². The van der Waals surface area contributed by atoms with Crippen LogP contribution in [0.25, 0.3) is 0 Å². The molecule has 4 atom stereocenters. The molecule has 0 radical (unpaired) electrons. The number of aliphatic hydroxyl groups excluding tert-OH is 1. The van der Waals surface area contributed by atoms with Crippen molar-refractivity contribution in [3.05, 3.63) is 12.2 Å². The first kappa shape index (κ1) is 11.7. The van der Waals surface area contributed by atoms with Gasteiger partial charge in [0, 0.05) is 24.6 Å². The van der Waals surface area contributed by atoms with Crippen LogP contribution < -0.4 is 5.32 Å². The highest BCUT2D eigenvalue weighted by Gasteiger charge is 2.20. The topological polar surface area (TPSA) is 32.3 Å². The largest absolute Gasteiger partial charge is 0.396 e. The Morgan fingerprint density at radius 2 is 2.14 bits per heavy atom. The molecule has 0 saturated heterocycles. The molecule has 2 heteroatoms. The van der Waals surface area contributed by atoms with Gasteiger partial charge >= 0.3 is 0 Å². The molecule has 2 N–H and O–H groups in total. The zero-order chi connectivity index (χ0) is 10.6. The van der Waals surface area contributed by atoms with E-state index in [2.05, 4.69) is 38.2 Å². The minimum Gasteiger partial charge on any atom is -0.396 e. The summed E-state index contributed by atoms with van der Waals surface area (Å²) < 4.78 is 0. The van der Waals surface area contributed by atoms with Crippen molar-refractivity contribution in [3.8, 4) is 0 Å². The summed E-state index contributed by atoms with van der Waals surface area (Å²) in [5.41, 5.74) is 0. The lowest BCUT2D eigenvalue weighted by Gasteiger charge is -2.23. The summed E-state index contributed by atoms with van der Waals surface area (Å²) in [5, 5.41) is 12.6. The Bertz CT molecular complexity index is 191. The van der Waals surface area contributed by atoms with Crippen molar-refractivity contribution in [2.45, 2.75) is 45.7 Å². The molecule has 2 nitrogen and oxygen atoms in total. The zero-order valence-corrected chi connectivity index (χ0v) is 9.53. The Kier molecular flexibility index (Phi) is 4.63. The van der Waals surface area contributed by atoms with E-state index in [9.17, 15) is 0 Å². The second-order valence-electron chi connectivity index (χ2n) is 4.51. The van der Waals surface area contributed by atoms with Gasteiger partial charge in [0.2, 0.25) is 0 Å². The highest BCUT2D eigenvalue weighted by molar-refractivity contribution is 5.06. The van der Waals surface area contributed by atoms with E-state index in [1.54, 1.807) is 0 Å². The SMILES string of the molecule is CCC(C)C(C)N[C@@H]1C=C[C@H](CO)C1. The Morgan fingerprint density at radius 3 is 2.64 bits per heavy atom. The van der Waals surface area contributed by atoms with Gasteiger partial charge in [0.1, 0.15) is 0 Å². The van der Waals surface area contributed by atoms with Crippen LogP contribution in [0.4, 0.5) is 0 Å². The molecule has 0 saturated carbocycles. The molecule has 0 amide bonds. The predicted octanol–water partition coefficient (Wildman–Crippen LogP) is 1.95. The van der Waals surface area contributed by atoms with Crippen LogP contribution in [0.3, 0.4) is 0 Å². The van der Waals surface area contributed by atoms with Crippen molar-refractivity contribution in [2.75, 3.05) is 6.61 Å². The van der Waals surface area contributed by atoms with Crippen molar-refractivity contribution in [2.24, 2.45) is 11.8 Å². The molecule has 1 aliphatic carbocycles. The maximum absolute atomic E-state index is 8.99. The number of hydrogen-bond donors (Lipinski definition) is 2. The third-order valence-corrected chi connectivity index (χ3v) is 3.38. The maximum Gasteiger partial charge on any atom is 0.0494 e. The Hall–Kier alpha value is -0.340. The van der Waals surface area contributed by atoms with E-state index in [0.717, 1.165) is 12.3 Å². The molecule has 0 bridgehead atoms. The van der Waals surface area contributed by atoms with Crippen LogP contribution in [0.2, 0.25) is 0 Å². The van der Waals surface area contributed by atoms with Gasteiger partial charge in [0.15, 0.2) is 0 Å². The normalized spacial score (nSPS) is 30.6. The van der Waals surface area contributed by atoms with Gasteiger partial charge in [0.05, 0.1) is 0 Å². The van der Waals surface area contributed by atoms with Crippen molar-refractivity contribution in [1.29, 1.82) is 0 Å². The molecule has 0 aromatic heterocycles. The molecule has 82 valence electrons. The van der Waals surface area contributed by atoms with Crippen LogP contribution in [-0.4, -0.2) is 23.8 Å². The standard InChI is InChI=1S/C12H23NO/c1-4-9(2)10(3)13-12-6-5-11(7-12)8-14/h5-6,9-14H,4,7-8H2,1-3H3/t9?,10?,11-,12+/m0/s1. The molecule has 14 heavy (non-hydrogen) atoms. The van der Waals surface area contributed by atoms with E-state index in [1.165, 1.54) is 6.42 Å². The molecule has 0 heterocycles. The second-order valence-corrected chi connectivity index (χ2v) is 4.51. The molecule has 0 aliphatic heterocycles. The third-order valence-electron chi connectivity index (χ3n) is 3.38. The quantitative estimate of drug-likeness (QED) is 0.660. The van der Waals surface area contributed by atoms with E-state index in [1.807, 2.05) is 0 Å². The minimum absolute atomic E-state index is 0.284. The summed E-state index contributed by atoms with van der Waals surface area (Å²) in [5.74, 6) is 1.09. The molecule has 0 aromatic rings. The highest BCUT2D eigenvalue weighted by Crippen LogP contribution is 2.18. The van der Waals surface area contributed by atoms with Crippen LogP contribution in [0, 0.1) is 11.8 Å². The number of hydrogen-bond acceptors (Lipinski definition) is 2. The molecular formula is C12H23NO. The minimum atomic E-state index is 0.284. The first-order chi connectivity index (χ1) is 6.67. The monoisotopic (exact) mass is 197 g/mol. The van der Waals surface area contributed by atoms with E-state index in [0.29, 0.717) is 18.0 Å². The van der Waals surface area contributed by atoms with Gasteiger partial charge in [-0.15, -0.1) is 0 Å². The predicted molar refractivity (Wildman–Crippen MR) is 60.2 cm³/mol. The molecule has 1 rings (SSSR count). The Labute approximate surface area is 87.4 Å². The first-order valence-electron chi connectivity index (χ1n) is 5.72. The van der Waals surface area contributed by atoms with Crippen molar-refractivity contribution in [3.63, 3.8) is 0 Å². The number of nitrogens with one attached hydrogen (secondary N) is 1. The highest BCUT2D eigenvalue weighted by atomic mass is 16.3. The summed E-state index contributed by atoms with van der Waals surface area (Å²) in [7, 11) is 0. The molecule has 2 unspecified atom stereocenters. The van der Waals surface area contributed by atoms with Crippen LogP contribution in [0.5, 0.6) is 0 Å². The molecule has 0 fully saturated rings. The van der Waals surface area contributed by atoms with E-state index >= 15 is 0 Å². The van der Waals surface area contributed by atoms with Gasteiger partial charge in [0.25, 0.3) is 0 Å². The summed E-state index contributed by atoms with van der Waals surface area (Å²) in [6, 6.07) is 1.03.